The number of para-hydroxylation sites is 1. The van der Waals surface area contributed by atoms with Crippen molar-refractivity contribution in [3.63, 3.8) is 0 Å². The molecule has 2 aromatic heterocycles. The van der Waals surface area contributed by atoms with Crippen LogP contribution in [0.25, 0.3) is 11.3 Å². The summed E-state index contributed by atoms with van der Waals surface area (Å²) in [5, 5.41) is 6.23. The Balaban J connectivity index is 1.49. The molecule has 2 amide bonds. The van der Waals surface area contributed by atoms with Crippen molar-refractivity contribution in [1.82, 2.24) is 20.2 Å². The van der Waals surface area contributed by atoms with Crippen LogP contribution in [0.15, 0.2) is 36.7 Å². The van der Waals surface area contributed by atoms with Crippen LogP contribution in [-0.4, -0.2) is 66.8 Å². The van der Waals surface area contributed by atoms with Crippen LogP contribution in [0.2, 0.25) is 0 Å². The minimum Gasteiger partial charge on any atom is -0.492 e. The van der Waals surface area contributed by atoms with E-state index in [0.29, 0.717) is 72.3 Å². The number of hydrogen-bond acceptors (Lipinski definition) is 7. The van der Waals surface area contributed by atoms with Crippen molar-refractivity contribution in [2.24, 2.45) is 5.92 Å². The number of hydrogen-bond donors (Lipinski definition) is 3. The first-order chi connectivity index (χ1) is 19.0. The number of piperidine rings is 1. The smallest absolute Gasteiger partial charge is 0.409 e. The maximum atomic E-state index is 14.6. The second-order valence-corrected chi connectivity index (χ2v) is 10.1. The van der Waals surface area contributed by atoms with Gasteiger partial charge in [0.15, 0.2) is 11.6 Å². The number of ether oxygens (including phenoxy) is 3. The zero-order valence-corrected chi connectivity index (χ0v) is 21.6. The highest BCUT2D eigenvalue weighted by Crippen LogP contribution is 2.44. The van der Waals surface area contributed by atoms with Gasteiger partial charge in [-0.2, -0.15) is 0 Å². The van der Waals surface area contributed by atoms with Crippen LogP contribution in [0, 0.1) is 11.7 Å². The van der Waals surface area contributed by atoms with E-state index >= 15 is 0 Å². The van der Waals surface area contributed by atoms with Gasteiger partial charge < -0.3 is 34.7 Å². The molecule has 2 unspecified atom stereocenters. The van der Waals surface area contributed by atoms with Crippen LogP contribution in [0.3, 0.4) is 0 Å². The van der Waals surface area contributed by atoms with Crippen molar-refractivity contribution >= 4 is 23.4 Å². The quantitative estimate of drug-likeness (QED) is 0.454. The Kier molecular flexibility index (Phi) is 6.72. The largest absolute Gasteiger partial charge is 0.492 e. The second kappa shape index (κ2) is 10.5. The van der Waals surface area contributed by atoms with Gasteiger partial charge in [0.2, 0.25) is 0 Å². The average molecular weight is 536 g/mol. The van der Waals surface area contributed by atoms with Crippen molar-refractivity contribution in [2.45, 2.75) is 25.2 Å². The average Bonchev–Trinajstić information content (AvgIpc) is 3.33. The molecule has 6 rings (SSSR count). The van der Waals surface area contributed by atoms with E-state index in [-0.39, 0.29) is 36.2 Å². The first kappa shape index (κ1) is 25.0. The van der Waals surface area contributed by atoms with Crippen LogP contribution < -0.4 is 20.1 Å². The second-order valence-electron chi connectivity index (χ2n) is 10.1. The molecule has 0 radical (unpaired) electrons. The van der Waals surface area contributed by atoms with Gasteiger partial charge in [-0.3, -0.25) is 9.78 Å². The van der Waals surface area contributed by atoms with E-state index in [9.17, 15) is 14.0 Å². The summed E-state index contributed by atoms with van der Waals surface area (Å²) in [6.45, 7) is 2.22. The van der Waals surface area contributed by atoms with Crippen molar-refractivity contribution in [3.8, 4) is 22.8 Å². The number of carbonyl (C=O) groups is 2. The van der Waals surface area contributed by atoms with Gasteiger partial charge in [-0.05, 0) is 37.5 Å². The monoisotopic (exact) mass is 535 g/mol. The Bertz CT molecular complexity index is 1410. The minimum absolute atomic E-state index is 0.0354. The highest BCUT2D eigenvalue weighted by Gasteiger charge is 2.34. The highest BCUT2D eigenvalue weighted by molar-refractivity contribution is 6.07. The molecule has 39 heavy (non-hydrogen) atoms. The lowest BCUT2D eigenvalue weighted by Crippen LogP contribution is -2.42. The van der Waals surface area contributed by atoms with Crippen LogP contribution >= 0.6 is 0 Å². The first-order valence-corrected chi connectivity index (χ1v) is 13.2. The number of methoxy groups -OCH3 is 1. The number of benzene rings is 1. The summed E-state index contributed by atoms with van der Waals surface area (Å²) in [5.41, 5.74) is 3.29. The first-order valence-electron chi connectivity index (χ1n) is 13.2. The number of fused-ring (bicyclic) bond motifs is 5. The zero-order valence-electron chi connectivity index (χ0n) is 21.6. The molecule has 1 saturated heterocycles. The Morgan fingerprint density at radius 2 is 2.10 bits per heavy atom. The van der Waals surface area contributed by atoms with E-state index in [2.05, 4.69) is 20.6 Å². The molecule has 0 spiro atoms. The maximum Gasteiger partial charge on any atom is 0.409 e. The molecule has 2 atom stereocenters. The molecule has 4 bridgehead atoms. The number of rotatable bonds is 3. The molecule has 10 nitrogen and oxygen atoms in total. The van der Waals surface area contributed by atoms with Gasteiger partial charge >= 0.3 is 6.09 Å². The lowest BCUT2D eigenvalue weighted by molar-refractivity contribution is 0.0728. The van der Waals surface area contributed by atoms with Crippen molar-refractivity contribution in [1.29, 1.82) is 0 Å². The van der Waals surface area contributed by atoms with E-state index in [1.54, 1.807) is 29.4 Å². The number of H-pyrrole nitrogens is 1. The number of anilines is 2. The maximum absolute atomic E-state index is 14.6. The molecule has 3 aliphatic heterocycles. The van der Waals surface area contributed by atoms with E-state index in [1.807, 2.05) is 6.07 Å². The lowest BCUT2D eigenvalue weighted by Gasteiger charge is -2.32. The predicted molar refractivity (Wildman–Crippen MR) is 141 cm³/mol. The fourth-order valence-corrected chi connectivity index (χ4v) is 5.65. The Morgan fingerprint density at radius 3 is 2.97 bits per heavy atom. The van der Waals surface area contributed by atoms with Crippen LogP contribution in [0.4, 0.5) is 20.6 Å². The standard InChI is InChI=1S/C28H30FN5O5/c1-37-26-19(29)5-2-6-20(26)32-25-22-23-17(12-31-27(22)35)8-11-38-28(36)34-10-3-4-16(14-34)15-39-21-13-30-9-7-18(21)24(25)33-23/h2,5-7,9,13,16-17,32-33H,3-4,8,10-12,14-15H2,1H3,(H,31,35). The van der Waals surface area contributed by atoms with Crippen LogP contribution in [-0.2, 0) is 4.74 Å². The number of cyclic esters (lactones) is 1. The number of nitrogens with zero attached hydrogens (tertiary/aromatic N) is 2. The molecule has 11 heteroatoms. The van der Waals surface area contributed by atoms with Crippen molar-refractivity contribution in [2.75, 3.05) is 45.3 Å². The zero-order chi connectivity index (χ0) is 26.9. The number of amides is 2. The van der Waals surface area contributed by atoms with E-state index in [1.165, 1.54) is 13.2 Å². The van der Waals surface area contributed by atoms with Gasteiger partial charge in [0.1, 0.15) is 5.75 Å². The summed E-state index contributed by atoms with van der Waals surface area (Å²) in [6.07, 6.45) is 5.30. The number of nitrogens with one attached hydrogen (secondary N) is 3. The number of halogens is 1. The van der Waals surface area contributed by atoms with Gasteiger partial charge in [-0.1, -0.05) is 6.07 Å². The Morgan fingerprint density at radius 1 is 1.21 bits per heavy atom. The highest BCUT2D eigenvalue weighted by atomic mass is 19.1. The van der Waals surface area contributed by atoms with Crippen LogP contribution in [0.5, 0.6) is 11.5 Å². The third-order valence-corrected chi connectivity index (χ3v) is 7.60. The Labute approximate surface area is 224 Å². The van der Waals surface area contributed by atoms with Gasteiger partial charge in [-0.15, -0.1) is 0 Å². The third kappa shape index (κ3) is 4.73. The van der Waals surface area contributed by atoms with Crippen molar-refractivity contribution in [3.05, 3.63) is 53.7 Å². The number of carbonyl (C=O) groups excluding carboxylic acids is 2. The summed E-state index contributed by atoms with van der Waals surface area (Å²) in [4.78, 5) is 35.6. The fourth-order valence-electron chi connectivity index (χ4n) is 5.65. The summed E-state index contributed by atoms with van der Waals surface area (Å²) >= 11 is 0. The third-order valence-electron chi connectivity index (χ3n) is 7.60. The van der Waals surface area contributed by atoms with Crippen LogP contribution in [0.1, 0.15) is 41.2 Å². The van der Waals surface area contributed by atoms with E-state index in [0.717, 1.165) is 12.8 Å². The number of pyridine rings is 1. The van der Waals surface area contributed by atoms with E-state index < -0.39 is 5.82 Å². The molecule has 204 valence electrons. The molecule has 1 fully saturated rings. The van der Waals surface area contributed by atoms with Gasteiger partial charge in [-0.25, -0.2) is 9.18 Å². The molecular weight excluding hydrogens is 505 g/mol. The topological polar surface area (TPSA) is 118 Å². The molecule has 3 aromatic rings. The summed E-state index contributed by atoms with van der Waals surface area (Å²) in [7, 11) is 1.40. The molecule has 1 aromatic carbocycles. The predicted octanol–water partition coefficient (Wildman–Crippen LogP) is 4.43. The molecule has 3 aliphatic rings. The Hall–Kier alpha value is -4.28. The number of aromatic nitrogens is 2. The molecule has 5 heterocycles. The summed E-state index contributed by atoms with van der Waals surface area (Å²) in [6, 6.07) is 6.40. The van der Waals surface area contributed by atoms with Gasteiger partial charge in [0.05, 0.1) is 49.2 Å². The van der Waals surface area contributed by atoms with Crippen molar-refractivity contribution < 1.29 is 28.2 Å². The lowest BCUT2D eigenvalue weighted by atomic mass is 9.93. The normalized spacial score (nSPS) is 20.9. The molecule has 0 saturated carbocycles. The fraction of sp³-hybridized carbons (Fsp3) is 0.393. The molecule has 0 aliphatic carbocycles. The number of aromatic amines is 1. The van der Waals surface area contributed by atoms with Gasteiger partial charge in [0, 0.05) is 48.9 Å². The SMILES string of the molecule is COc1c(F)cccc1Nc1c2[nH]c3c1C(=O)NCC3CCOC(=O)N1CCCC(COc3cnccc3-2)C1. The molecular formula is C28H30FN5O5. The molecule has 3 N–H and O–H groups in total. The summed E-state index contributed by atoms with van der Waals surface area (Å²) in [5.74, 6) is -0.214. The minimum atomic E-state index is -0.526. The summed E-state index contributed by atoms with van der Waals surface area (Å²) < 4.78 is 31.8. The van der Waals surface area contributed by atoms with E-state index in [4.69, 9.17) is 14.2 Å². The van der Waals surface area contributed by atoms with Gasteiger partial charge in [0.25, 0.3) is 5.91 Å².